The minimum Gasteiger partial charge on any atom is -0.462 e. The van der Waals surface area contributed by atoms with E-state index in [4.69, 9.17) is 14.2 Å². The summed E-state index contributed by atoms with van der Waals surface area (Å²) >= 11 is 0. The number of allylic oxidation sites excluding steroid dienone is 19. The van der Waals surface area contributed by atoms with E-state index in [1.54, 1.807) is 6.08 Å². The second-order valence-corrected chi connectivity index (χ2v) is 20.2. The Morgan fingerprint density at radius 1 is 0.293 bits per heavy atom. The molecule has 0 fully saturated rings. The summed E-state index contributed by atoms with van der Waals surface area (Å²) in [5.41, 5.74) is 0. The van der Waals surface area contributed by atoms with Crippen molar-refractivity contribution < 1.29 is 28.6 Å². The number of esters is 3. The summed E-state index contributed by atoms with van der Waals surface area (Å²) in [6, 6.07) is 0. The van der Waals surface area contributed by atoms with Gasteiger partial charge in [0.1, 0.15) is 13.2 Å². The van der Waals surface area contributed by atoms with E-state index in [-0.39, 0.29) is 31.6 Å². The van der Waals surface area contributed by atoms with Crippen LogP contribution in [-0.4, -0.2) is 37.2 Å². The molecule has 0 heterocycles. The first kappa shape index (κ1) is 70.8. The SMILES string of the molecule is CC/C=C\C/C=C\C/C=C\C/C=C\C/C=C\CC(=O)OCC(COC(=O)CCCCCCCCCCCCC/C=C\C/C=C\CCCCCCC)OC(=O)CCCCCCCC/C=C\C/C=C\C/C=C\CCCCC. The lowest BCUT2D eigenvalue weighted by Gasteiger charge is -2.18. The van der Waals surface area contributed by atoms with Gasteiger partial charge in [-0.15, -0.1) is 0 Å². The van der Waals surface area contributed by atoms with Crippen molar-refractivity contribution >= 4 is 17.9 Å². The Bertz CT molecular complexity index is 1570. The van der Waals surface area contributed by atoms with Gasteiger partial charge in [0.2, 0.25) is 0 Å². The fourth-order valence-electron chi connectivity index (χ4n) is 8.32. The van der Waals surface area contributed by atoms with Crippen LogP contribution in [0.25, 0.3) is 0 Å². The topological polar surface area (TPSA) is 78.9 Å². The zero-order chi connectivity index (χ0) is 54.3. The van der Waals surface area contributed by atoms with Crippen molar-refractivity contribution in [2.75, 3.05) is 13.2 Å². The highest BCUT2D eigenvalue weighted by atomic mass is 16.6. The Labute approximate surface area is 462 Å². The number of hydrogen-bond acceptors (Lipinski definition) is 6. The fraction of sp³-hybridized carbons (Fsp3) is 0.667. The van der Waals surface area contributed by atoms with Gasteiger partial charge < -0.3 is 14.2 Å². The first-order chi connectivity index (χ1) is 37.0. The monoisotopic (exact) mass is 1040 g/mol. The van der Waals surface area contributed by atoms with Crippen LogP contribution in [0, 0.1) is 0 Å². The molecule has 1 unspecified atom stereocenters. The molecule has 6 heteroatoms. The van der Waals surface area contributed by atoms with Crippen LogP contribution in [0.4, 0.5) is 0 Å². The first-order valence-corrected chi connectivity index (χ1v) is 31.0. The largest absolute Gasteiger partial charge is 0.462 e. The Morgan fingerprint density at radius 3 is 0.960 bits per heavy atom. The second kappa shape index (κ2) is 62.4. The van der Waals surface area contributed by atoms with Gasteiger partial charge in [-0.1, -0.05) is 264 Å². The molecule has 0 radical (unpaired) electrons. The average Bonchev–Trinajstić information content (AvgIpc) is 3.41. The van der Waals surface area contributed by atoms with Gasteiger partial charge >= 0.3 is 17.9 Å². The van der Waals surface area contributed by atoms with Crippen molar-refractivity contribution in [3.63, 3.8) is 0 Å². The Kier molecular flexibility index (Phi) is 58.9. The molecule has 0 amide bonds. The van der Waals surface area contributed by atoms with Crippen LogP contribution < -0.4 is 0 Å². The molecule has 0 aliphatic rings. The van der Waals surface area contributed by atoms with Crippen LogP contribution in [0.15, 0.2) is 122 Å². The fourth-order valence-corrected chi connectivity index (χ4v) is 8.32. The number of unbranched alkanes of at least 4 members (excludes halogenated alkanes) is 25. The van der Waals surface area contributed by atoms with Crippen molar-refractivity contribution in [1.29, 1.82) is 0 Å². The van der Waals surface area contributed by atoms with Gasteiger partial charge in [-0.3, -0.25) is 14.4 Å². The third-order valence-corrected chi connectivity index (χ3v) is 13.0. The first-order valence-electron chi connectivity index (χ1n) is 31.0. The minimum atomic E-state index is -0.830. The third-order valence-electron chi connectivity index (χ3n) is 13.0. The van der Waals surface area contributed by atoms with Crippen molar-refractivity contribution in [1.82, 2.24) is 0 Å². The molecule has 0 aromatic carbocycles. The third kappa shape index (κ3) is 60.6. The molecule has 426 valence electrons. The quantitative estimate of drug-likeness (QED) is 0.0261. The van der Waals surface area contributed by atoms with E-state index in [1.165, 1.54) is 135 Å². The van der Waals surface area contributed by atoms with E-state index in [9.17, 15) is 14.4 Å². The van der Waals surface area contributed by atoms with E-state index in [0.717, 1.165) is 103 Å². The lowest BCUT2D eigenvalue weighted by atomic mass is 10.0. The number of rotatable bonds is 55. The number of hydrogen-bond donors (Lipinski definition) is 0. The molecule has 0 N–H and O–H groups in total. The van der Waals surface area contributed by atoms with Gasteiger partial charge in [0.05, 0.1) is 6.42 Å². The molecule has 0 spiro atoms. The summed E-state index contributed by atoms with van der Waals surface area (Å²) in [6.07, 6.45) is 86.5. The molecular weight excluding hydrogens is 925 g/mol. The maximum absolute atomic E-state index is 12.9. The van der Waals surface area contributed by atoms with Crippen molar-refractivity contribution in [2.45, 2.75) is 284 Å². The molecule has 0 saturated heterocycles. The van der Waals surface area contributed by atoms with Gasteiger partial charge in [0.25, 0.3) is 0 Å². The van der Waals surface area contributed by atoms with Crippen LogP contribution in [0.2, 0.25) is 0 Å². The molecule has 0 aliphatic carbocycles. The van der Waals surface area contributed by atoms with E-state index in [2.05, 4.69) is 130 Å². The predicted octanol–water partition coefficient (Wildman–Crippen LogP) is 21.2. The molecule has 6 nitrogen and oxygen atoms in total. The van der Waals surface area contributed by atoms with Gasteiger partial charge in [-0.05, 0) is 116 Å². The second-order valence-electron chi connectivity index (χ2n) is 20.2. The summed E-state index contributed by atoms with van der Waals surface area (Å²) in [6.45, 7) is 6.40. The molecule has 75 heavy (non-hydrogen) atoms. The lowest BCUT2D eigenvalue weighted by Crippen LogP contribution is -2.30. The van der Waals surface area contributed by atoms with Crippen LogP contribution in [0.3, 0.4) is 0 Å². The van der Waals surface area contributed by atoms with Crippen LogP contribution >= 0.6 is 0 Å². The lowest BCUT2D eigenvalue weighted by molar-refractivity contribution is -0.166. The Morgan fingerprint density at radius 2 is 0.573 bits per heavy atom. The highest BCUT2D eigenvalue weighted by molar-refractivity contribution is 5.72. The molecule has 0 bridgehead atoms. The molecule has 0 rings (SSSR count). The summed E-state index contributed by atoms with van der Waals surface area (Å²) in [4.78, 5) is 38.2. The smallest absolute Gasteiger partial charge is 0.309 e. The zero-order valence-electron chi connectivity index (χ0n) is 48.8. The molecule has 1 atom stereocenters. The predicted molar refractivity (Wildman–Crippen MR) is 325 cm³/mol. The molecular formula is C69H114O6. The normalized spacial score (nSPS) is 12.9. The molecule has 0 saturated carbocycles. The van der Waals surface area contributed by atoms with Gasteiger partial charge in [0, 0.05) is 12.8 Å². The zero-order valence-corrected chi connectivity index (χ0v) is 48.8. The summed E-state index contributed by atoms with van der Waals surface area (Å²) < 4.78 is 16.8. The van der Waals surface area contributed by atoms with Gasteiger partial charge in [-0.2, -0.15) is 0 Å². The van der Waals surface area contributed by atoms with Crippen molar-refractivity contribution in [3.05, 3.63) is 122 Å². The number of ether oxygens (including phenoxy) is 3. The van der Waals surface area contributed by atoms with Crippen LogP contribution in [0.5, 0.6) is 0 Å². The van der Waals surface area contributed by atoms with Crippen molar-refractivity contribution in [3.8, 4) is 0 Å². The minimum absolute atomic E-state index is 0.117. The maximum atomic E-state index is 12.9. The summed E-state index contributed by atoms with van der Waals surface area (Å²) in [7, 11) is 0. The van der Waals surface area contributed by atoms with Crippen LogP contribution in [0.1, 0.15) is 278 Å². The standard InChI is InChI=1S/C69H114O6/c1-4-7-10-13-16-19-22-25-28-30-32-33-34-35-37-38-41-44-47-50-53-56-59-62-68(71)74-65-66(64-73-67(70)61-58-55-52-49-46-43-40-27-24-21-18-15-12-9-6-3)75-69(72)63-60-57-54-51-48-45-42-39-36-31-29-26-23-20-17-14-11-8-5-2/h9,12,17-18,20-22,25-27,29-30,32,36,39-40,46,49,55,58,66H,4-8,10-11,13-16,19,23-24,28,31,33-35,37-38,41-45,47-48,50-54,56-57,59-65H2,1-3H3/b12-9-,20-17-,21-18-,25-22-,29-26-,32-30-,39-36-,40-27-,49-46-,58-55-. The van der Waals surface area contributed by atoms with E-state index in [1.807, 2.05) is 6.08 Å². The number of carbonyl (C=O) groups is 3. The molecule has 0 aromatic rings. The Hall–Kier alpha value is -4.19. The summed E-state index contributed by atoms with van der Waals surface area (Å²) in [5.74, 6) is -1.06. The van der Waals surface area contributed by atoms with E-state index < -0.39 is 12.1 Å². The van der Waals surface area contributed by atoms with Crippen molar-refractivity contribution in [2.24, 2.45) is 0 Å². The van der Waals surface area contributed by atoms with Gasteiger partial charge in [-0.25, -0.2) is 0 Å². The maximum Gasteiger partial charge on any atom is 0.309 e. The Balaban J connectivity index is 4.47. The number of carbonyl (C=O) groups excluding carboxylic acids is 3. The highest BCUT2D eigenvalue weighted by Gasteiger charge is 2.19. The van der Waals surface area contributed by atoms with E-state index >= 15 is 0 Å². The highest BCUT2D eigenvalue weighted by Crippen LogP contribution is 2.15. The van der Waals surface area contributed by atoms with Crippen LogP contribution in [-0.2, 0) is 28.6 Å². The average molecular weight is 1040 g/mol. The molecule has 0 aromatic heterocycles. The van der Waals surface area contributed by atoms with Gasteiger partial charge in [0.15, 0.2) is 6.10 Å². The summed E-state index contributed by atoms with van der Waals surface area (Å²) in [5, 5.41) is 0. The molecule has 0 aliphatic heterocycles. The van der Waals surface area contributed by atoms with E-state index in [0.29, 0.717) is 12.8 Å².